The van der Waals surface area contributed by atoms with Crippen molar-refractivity contribution in [2.24, 2.45) is 0 Å². The summed E-state index contributed by atoms with van der Waals surface area (Å²) in [6.45, 7) is 3.90. The molecule has 0 aliphatic heterocycles. The van der Waals surface area contributed by atoms with Gasteiger partial charge in [0.2, 0.25) is 5.69 Å². The Bertz CT molecular complexity index is 1050. The van der Waals surface area contributed by atoms with Crippen molar-refractivity contribution in [2.45, 2.75) is 13.8 Å². The number of esters is 2. The number of ether oxygens (including phenoxy) is 2. The van der Waals surface area contributed by atoms with Gasteiger partial charge in [0.1, 0.15) is 5.56 Å². The van der Waals surface area contributed by atoms with Crippen molar-refractivity contribution in [3.63, 3.8) is 0 Å². The zero-order chi connectivity index (χ0) is 23.0. The van der Waals surface area contributed by atoms with Crippen LogP contribution in [-0.4, -0.2) is 32.4 Å². The van der Waals surface area contributed by atoms with Gasteiger partial charge in [0.05, 0.1) is 13.2 Å². The number of halogens is 4. The fourth-order valence-electron chi connectivity index (χ4n) is 2.89. The molecule has 1 aromatic heterocycles. The van der Waals surface area contributed by atoms with Gasteiger partial charge in [-0.2, -0.15) is 4.57 Å². The zero-order valence-corrected chi connectivity index (χ0v) is 16.9. The molecule has 5 nitrogen and oxygen atoms in total. The van der Waals surface area contributed by atoms with E-state index in [4.69, 9.17) is 9.47 Å². The third kappa shape index (κ3) is 6.53. The number of fused-ring (bicyclic) bond motifs is 1. The Morgan fingerprint density at radius 1 is 0.839 bits per heavy atom. The standard InChI is InChI=1S/C21H20NO4.BF4/c1-3-25-20(23)18-17-13-9-8-10-15(17)14-22(16-11-6-5-7-12-16)19(18)21(24)26-4-2;2-1(3,4)5/h5-14H,3-4H2,1-2H3;/q+1;-1. The van der Waals surface area contributed by atoms with Crippen LogP contribution in [0.25, 0.3) is 16.5 Å². The quantitative estimate of drug-likeness (QED) is 0.250. The number of rotatable bonds is 5. The fourth-order valence-corrected chi connectivity index (χ4v) is 2.89. The molecular weight excluding hydrogens is 417 g/mol. The highest BCUT2D eigenvalue weighted by Crippen LogP contribution is 2.23. The molecule has 0 spiro atoms. The molecule has 2 aromatic carbocycles. The van der Waals surface area contributed by atoms with Crippen molar-refractivity contribution < 1.29 is 40.9 Å². The molecule has 0 radical (unpaired) electrons. The number of carbonyl (C=O) groups excluding carboxylic acids is 2. The molecule has 0 atom stereocenters. The number of pyridine rings is 1. The van der Waals surface area contributed by atoms with E-state index in [2.05, 4.69) is 0 Å². The second kappa shape index (κ2) is 10.6. The van der Waals surface area contributed by atoms with Crippen molar-refractivity contribution in [3.05, 3.63) is 72.1 Å². The number of aromatic nitrogens is 1. The van der Waals surface area contributed by atoms with E-state index < -0.39 is 19.2 Å². The van der Waals surface area contributed by atoms with E-state index in [-0.39, 0.29) is 24.5 Å². The minimum atomic E-state index is -6.00. The number of hydrogen-bond acceptors (Lipinski definition) is 4. The summed E-state index contributed by atoms with van der Waals surface area (Å²) in [7, 11) is -6.00. The Morgan fingerprint density at radius 3 is 1.94 bits per heavy atom. The van der Waals surface area contributed by atoms with Crippen LogP contribution in [0.15, 0.2) is 60.8 Å². The molecule has 0 fully saturated rings. The minimum absolute atomic E-state index is 0.162. The Kier molecular flexibility index (Phi) is 8.12. The van der Waals surface area contributed by atoms with Crippen molar-refractivity contribution in [3.8, 4) is 5.69 Å². The van der Waals surface area contributed by atoms with Crippen LogP contribution in [-0.2, 0) is 9.47 Å². The summed E-state index contributed by atoms with van der Waals surface area (Å²) in [6, 6.07) is 16.8. The molecule has 0 unspecified atom stereocenters. The molecule has 31 heavy (non-hydrogen) atoms. The van der Waals surface area contributed by atoms with E-state index in [9.17, 15) is 26.9 Å². The molecule has 3 aromatic rings. The summed E-state index contributed by atoms with van der Waals surface area (Å²) in [4.78, 5) is 25.5. The summed E-state index contributed by atoms with van der Waals surface area (Å²) >= 11 is 0. The Balaban J connectivity index is 0.000000614. The first-order chi connectivity index (χ1) is 14.7. The van der Waals surface area contributed by atoms with E-state index >= 15 is 0 Å². The van der Waals surface area contributed by atoms with Gasteiger partial charge in [-0.05, 0) is 19.9 Å². The number of para-hydroxylation sites is 1. The van der Waals surface area contributed by atoms with E-state index in [1.807, 2.05) is 54.7 Å². The third-order valence-electron chi connectivity index (χ3n) is 3.96. The van der Waals surface area contributed by atoms with Crippen molar-refractivity contribution in [1.82, 2.24) is 0 Å². The zero-order valence-electron chi connectivity index (χ0n) is 16.9. The maximum absolute atomic E-state index is 12.8. The van der Waals surface area contributed by atoms with Gasteiger partial charge in [0.25, 0.3) is 0 Å². The minimum Gasteiger partial charge on any atom is -0.462 e. The molecule has 0 aliphatic carbocycles. The van der Waals surface area contributed by atoms with Gasteiger partial charge in [-0.3, -0.25) is 0 Å². The van der Waals surface area contributed by atoms with Crippen LogP contribution in [0.2, 0.25) is 0 Å². The van der Waals surface area contributed by atoms with E-state index in [0.29, 0.717) is 5.39 Å². The molecule has 1 heterocycles. The normalized spacial score (nSPS) is 10.8. The highest BCUT2D eigenvalue weighted by atomic mass is 19.5. The van der Waals surface area contributed by atoms with Crippen LogP contribution in [0.5, 0.6) is 0 Å². The summed E-state index contributed by atoms with van der Waals surface area (Å²) in [5.41, 5.74) is 1.13. The van der Waals surface area contributed by atoms with Crippen LogP contribution >= 0.6 is 0 Å². The summed E-state index contributed by atoms with van der Waals surface area (Å²) in [5, 5.41) is 1.48. The van der Waals surface area contributed by atoms with Gasteiger partial charge in [-0.15, -0.1) is 0 Å². The predicted octanol–water partition coefficient (Wildman–Crippen LogP) is 4.77. The van der Waals surface area contributed by atoms with Crippen molar-refractivity contribution >= 4 is 30.0 Å². The van der Waals surface area contributed by atoms with Gasteiger partial charge in [0, 0.05) is 22.9 Å². The Morgan fingerprint density at radius 2 is 1.35 bits per heavy atom. The fraction of sp³-hybridized carbons (Fsp3) is 0.190. The van der Waals surface area contributed by atoms with Gasteiger partial charge < -0.3 is 26.7 Å². The summed E-state index contributed by atoms with van der Waals surface area (Å²) in [6.07, 6.45) is 1.83. The lowest BCUT2D eigenvalue weighted by molar-refractivity contribution is -0.597. The van der Waals surface area contributed by atoms with Crippen molar-refractivity contribution in [2.75, 3.05) is 13.2 Å². The number of hydrogen-bond donors (Lipinski definition) is 0. The van der Waals surface area contributed by atoms with Crippen LogP contribution in [0, 0.1) is 0 Å². The second-order valence-corrected chi connectivity index (χ2v) is 6.08. The molecule has 0 saturated carbocycles. The SMILES string of the molecule is CCOC(=O)c1c(C(=O)OCC)[n+](-c2ccccc2)cc2ccccc12.F[B-](F)(F)F. The van der Waals surface area contributed by atoms with Crippen molar-refractivity contribution in [1.29, 1.82) is 0 Å². The molecule has 3 rings (SSSR count). The van der Waals surface area contributed by atoms with Gasteiger partial charge in [0.15, 0.2) is 6.20 Å². The molecule has 0 saturated heterocycles. The van der Waals surface area contributed by atoms with E-state index in [0.717, 1.165) is 11.1 Å². The number of carbonyl (C=O) groups is 2. The lowest BCUT2D eigenvalue weighted by Crippen LogP contribution is -2.41. The predicted molar refractivity (Wildman–Crippen MR) is 108 cm³/mol. The molecule has 0 bridgehead atoms. The maximum atomic E-state index is 12.8. The average molecular weight is 437 g/mol. The number of nitrogens with zero attached hydrogens (tertiary/aromatic N) is 1. The van der Waals surface area contributed by atoms with Crippen LogP contribution in [0.4, 0.5) is 17.3 Å². The third-order valence-corrected chi connectivity index (χ3v) is 3.96. The Hall–Kier alpha value is -3.43. The van der Waals surface area contributed by atoms with Crippen LogP contribution in [0.1, 0.15) is 34.7 Å². The summed E-state index contributed by atoms with van der Waals surface area (Å²) in [5.74, 6) is -1.11. The number of benzene rings is 2. The summed E-state index contributed by atoms with van der Waals surface area (Å²) < 4.78 is 51.2. The topological polar surface area (TPSA) is 56.5 Å². The van der Waals surface area contributed by atoms with E-state index in [1.54, 1.807) is 24.5 Å². The lowest BCUT2D eigenvalue weighted by atomic mass is 10.0. The van der Waals surface area contributed by atoms with Gasteiger partial charge in [-0.25, -0.2) is 9.59 Å². The Labute approximate surface area is 176 Å². The molecular formula is C21H20BF4NO4. The molecule has 10 heteroatoms. The highest BCUT2D eigenvalue weighted by Gasteiger charge is 2.34. The maximum Gasteiger partial charge on any atom is 0.673 e. The first-order valence-corrected chi connectivity index (χ1v) is 9.41. The highest BCUT2D eigenvalue weighted by molar-refractivity contribution is 6.50. The second-order valence-electron chi connectivity index (χ2n) is 6.08. The smallest absolute Gasteiger partial charge is 0.462 e. The van der Waals surface area contributed by atoms with Crippen LogP contribution < -0.4 is 4.57 Å². The van der Waals surface area contributed by atoms with Gasteiger partial charge >= 0.3 is 24.9 Å². The monoisotopic (exact) mass is 437 g/mol. The largest absolute Gasteiger partial charge is 0.673 e. The molecule has 0 aliphatic rings. The molecule has 0 N–H and O–H groups in total. The molecule has 164 valence electrons. The van der Waals surface area contributed by atoms with Gasteiger partial charge in [-0.1, -0.05) is 36.4 Å². The lowest BCUT2D eigenvalue weighted by Gasteiger charge is -2.11. The van der Waals surface area contributed by atoms with Crippen LogP contribution in [0.3, 0.4) is 0 Å². The van der Waals surface area contributed by atoms with E-state index in [1.165, 1.54) is 0 Å². The average Bonchev–Trinajstić information content (AvgIpc) is 2.72. The molecule has 0 amide bonds. The first kappa shape index (κ1) is 23.9. The first-order valence-electron chi connectivity index (χ1n) is 9.41.